The first-order valence-electron chi connectivity index (χ1n) is 5.76. The van der Waals surface area contributed by atoms with E-state index in [4.69, 9.17) is 9.88 Å². The minimum absolute atomic E-state index is 0.0158. The summed E-state index contributed by atoms with van der Waals surface area (Å²) in [6.07, 6.45) is 1.68. The quantitative estimate of drug-likeness (QED) is 0.730. The molecule has 3 N–H and O–H groups in total. The number of rotatable bonds is 7. The van der Waals surface area contributed by atoms with Gasteiger partial charge in [0.1, 0.15) is 0 Å². The Kier molecular flexibility index (Phi) is 5.92. The van der Waals surface area contributed by atoms with Gasteiger partial charge in [-0.15, -0.1) is 11.3 Å². The van der Waals surface area contributed by atoms with Crippen molar-refractivity contribution in [2.75, 3.05) is 20.3 Å². The van der Waals surface area contributed by atoms with Crippen LogP contribution in [0.2, 0.25) is 0 Å². The number of amides is 1. The van der Waals surface area contributed by atoms with Crippen LogP contribution in [0.25, 0.3) is 0 Å². The first kappa shape index (κ1) is 16.1. The summed E-state index contributed by atoms with van der Waals surface area (Å²) in [6.45, 7) is 2.81. The second kappa shape index (κ2) is 6.99. The summed E-state index contributed by atoms with van der Waals surface area (Å²) in [7, 11) is -2.14. The molecule has 0 spiro atoms. The lowest BCUT2D eigenvalue weighted by molar-refractivity contribution is 0.0955. The molecule has 0 aliphatic carbocycles. The number of hydrogen-bond acceptors (Lipinski definition) is 5. The Bertz CT molecular complexity index is 537. The average molecular weight is 306 g/mol. The number of sulfonamides is 1. The van der Waals surface area contributed by atoms with E-state index in [1.54, 1.807) is 14.0 Å². The van der Waals surface area contributed by atoms with Crippen molar-refractivity contribution in [1.29, 1.82) is 0 Å². The van der Waals surface area contributed by atoms with Crippen LogP contribution in [0.4, 0.5) is 0 Å². The van der Waals surface area contributed by atoms with Gasteiger partial charge in [0.05, 0.1) is 9.77 Å². The van der Waals surface area contributed by atoms with Crippen LogP contribution in [0.3, 0.4) is 0 Å². The van der Waals surface area contributed by atoms with Crippen molar-refractivity contribution in [2.45, 2.75) is 24.7 Å². The molecule has 8 heteroatoms. The van der Waals surface area contributed by atoms with E-state index in [1.165, 1.54) is 6.07 Å². The molecule has 1 amide bonds. The number of primary sulfonamides is 1. The molecule has 0 aliphatic heterocycles. The lowest BCUT2D eigenvalue weighted by Crippen LogP contribution is -2.23. The average Bonchev–Trinajstić information content (AvgIpc) is 2.70. The van der Waals surface area contributed by atoms with Gasteiger partial charge in [-0.05, 0) is 25.8 Å². The van der Waals surface area contributed by atoms with Crippen molar-refractivity contribution in [3.05, 3.63) is 15.8 Å². The van der Waals surface area contributed by atoms with Gasteiger partial charge in [0.15, 0.2) is 0 Å². The summed E-state index contributed by atoms with van der Waals surface area (Å²) in [5.74, 6) is -0.277. The third-order valence-corrected chi connectivity index (χ3v) is 4.68. The van der Waals surface area contributed by atoms with Gasteiger partial charge in [-0.3, -0.25) is 4.79 Å². The molecule has 0 atom stereocenters. The minimum Gasteiger partial charge on any atom is -0.385 e. The third-order valence-electron chi connectivity index (χ3n) is 2.46. The molecule has 0 saturated heterocycles. The zero-order valence-corrected chi connectivity index (χ0v) is 12.6. The summed E-state index contributed by atoms with van der Waals surface area (Å²) in [5, 5.41) is 7.79. The number of thiophene rings is 1. The maximum absolute atomic E-state index is 11.8. The van der Waals surface area contributed by atoms with Gasteiger partial charge in [-0.2, -0.15) is 0 Å². The number of aryl methyl sites for hydroxylation is 1. The molecule has 0 unspecified atom stereocenters. The molecule has 0 aromatic carbocycles. The first-order chi connectivity index (χ1) is 8.86. The lowest BCUT2D eigenvalue weighted by atomic mass is 10.3. The number of unbranched alkanes of at least 4 members (excludes halogenated alkanes) is 1. The number of carbonyl (C=O) groups excluding carboxylic acids is 1. The summed E-state index contributed by atoms with van der Waals surface area (Å²) in [4.78, 5) is 12.7. The predicted octanol–water partition coefficient (Wildman–Crippen LogP) is 0.860. The normalized spacial score (nSPS) is 11.5. The van der Waals surface area contributed by atoms with E-state index in [9.17, 15) is 13.2 Å². The molecule has 1 aromatic rings. The number of nitrogens with one attached hydrogen (secondary N) is 1. The molecule has 0 radical (unpaired) electrons. The number of hydrogen-bond donors (Lipinski definition) is 2. The monoisotopic (exact) mass is 306 g/mol. The number of ether oxygens (including phenoxy) is 1. The van der Waals surface area contributed by atoms with Crippen LogP contribution >= 0.6 is 11.3 Å². The second-order valence-electron chi connectivity index (χ2n) is 4.03. The zero-order valence-electron chi connectivity index (χ0n) is 10.9. The Balaban J connectivity index is 2.59. The Hall–Kier alpha value is -0.960. The minimum atomic E-state index is -3.76. The fourth-order valence-electron chi connectivity index (χ4n) is 1.52. The van der Waals surface area contributed by atoms with Gasteiger partial charge < -0.3 is 10.1 Å². The Morgan fingerprint density at radius 2 is 2.16 bits per heavy atom. The number of methoxy groups -OCH3 is 1. The van der Waals surface area contributed by atoms with E-state index >= 15 is 0 Å². The lowest BCUT2D eigenvalue weighted by Gasteiger charge is -2.02. The molecule has 1 aromatic heterocycles. The van der Waals surface area contributed by atoms with Gasteiger partial charge >= 0.3 is 0 Å². The van der Waals surface area contributed by atoms with Gasteiger partial charge in [0.2, 0.25) is 10.0 Å². The predicted molar refractivity (Wildman–Crippen MR) is 73.9 cm³/mol. The van der Waals surface area contributed by atoms with Crippen LogP contribution in [0.5, 0.6) is 0 Å². The van der Waals surface area contributed by atoms with E-state index in [-0.39, 0.29) is 10.8 Å². The molecule has 1 heterocycles. The highest BCUT2D eigenvalue weighted by molar-refractivity contribution is 7.89. The first-order valence-corrected chi connectivity index (χ1v) is 8.13. The Morgan fingerprint density at radius 1 is 1.47 bits per heavy atom. The largest absolute Gasteiger partial charge is 0.385 e. The van der Waals surface area contributed by atoms with Crippen LogP contribution in [0.1, 0.15) is 27.4 Å². The molecule has 1 rings (SSSR count). The van der Waals surface area contributed by atoms with Crippen LogP contribution in [-0.4, -0.2) is 34.6 Å². The van der Waals surface area contributed by atoms with Gasteiger partial charge in [0.25, 0.3) is 5.91 Å². The van der Waals surface area contributed by atoms with Gasteiger partial charge in [-0.1, -0.05) is 0 Å². The number of nitrogens with two attached hydrogens (primary N) is 1. The molecule has 0 fully saturated rings. The highest BCUT2D eigenvalue weighted by atomic mass is 32.2. The van der Waals surface area contributed by atoms with Gasteiger partial charge in [-0.25, -0.2) is 13.6 Å². The SMILES string of the molecule is COCCCCNC(=O)c1cc(S(N)(=O)=O)c(C)s1. The highest BCUT2D eigenvalue weighted by Crippen LogP contribution is 2.24. The molecule has 0 saturated carbocycles. The summed E-state index contributed by atoms with van der Waals surface area (Å²) >= 11 is 1.12. The standard InChI is InChI=1S/C11H18N2O4S2/c1-8-10(19(12,15)16)7-9(18-8)11(14)13-5-3-4-6-17-2/h7H,3-6H2,1-2H3,(H,13,14)(H2,12,15,16). The summed E-state index contributed by atoms with van der Waals surface area (Å²) in [5.41, 5.74) is 0. The van der Waals surface area contributed by atoms with Crippen molar-refractivity contribution >= 4 is 27.3 Å². The van der Waals surface area contributed by atoms with E-state index < -0.39 is 10.0 Å². The van der Waals surface area contributed by atoms with Gasteiger partial charge in [0, 0.05) is 25.1 Å². The molecule has 19 heavy (non-hydrogen) atoms. The molecule has 0 bridgehead atoms. The summed E-state index contributed by atoms with van der Waals surface area (Å²) < 4.78 is 27.4. The van der Waals surface area contributed by atoms with Crippen molar-refractivity contribution in [3.63, 3.8) is 0 Å². The van der Waals surface area contributed by atoms with Crippen LogP contribution in [0.15, 0.2) is 11.0 Å². The van der Waals surface area contributed by atoms with Crippen molar-refractivity contribution in [1.82, 2.24) is 5.32 Å². The second-order valence-corrected chi connectivity index (χ2v) is 6.82. The zero-order chi connectivity index (χ0) is 14.5. The number of carbonyl (C=O) groups is 1. The Labute approximate surface area is 117 Å². The summed E-state index contributed by atoms with van der Waals surface area (Å²) in [6, 6.07) is 1.32. The molecule has 0 aliphatic rings. The Morgan fingerprint density at radius 3 is 2.68 bits per heavy atom. The maximum Gasteiger partial charge on any atom is 0.261 e. The molecular formula is C11H18N2O4S2. The third kappa shape index (κ3) is 4.90. The van der Waals surface area contributed by atoms with Crippen LogP contribution < -0.4 is 10.5 Å². The van der Waals surface area contributed by atoms with Crippen molar-refractivity contribution < 1.29 is 17.9 Å². The smallest absolute Gasteiger partial charge is 0.261 e. The fourth-order valence-corrected chi connectivity index (χ4v) is 3.58. The van der Waals surface area contributed by atoms with E-state index in [2.05, 4.69) is 5.32 Å². The highest BCUT2D eigenvalue weighted by Gasteiger charge is 2.18. The van der Waals surface area contributed by atoms with Crippen molar-refractivity contribution in [2.24, 2.45) is 5.14 Å². The molecular weight excluding hydrogens is 288 g/mol. The van der Waals surface area contributed by atoms with Crippen LogP contribution in [-0.2, 0) is 14.8 Å². The molecule has 6 nitrogen and oxygen atoms in total. The van der Waals surface area contributed by atoms with E-state index in [0.29, 0.717) is 22.9 Å². The van der Waals surface area contributed by atoms with E-state index in [1.807, 2.05) is 0 Å². The van der Waals surface area contributed by atoms with Crippen molar-refractivity contribution in [3.8, 4) is 0 Å². The topological polar surface area (TPSA) is 98.5 Å². The van der Waals surface area contributed by atoms with E-state index in [0.717, 1.165) is 24.2 Å². The maximum atomic E-state index is 11.8. The molecule has 108 valence electrons. The van der Waals surface area contributed by atoms with Crippen LogP contribution in [0, 0.1) is 6.92 Å². The fraction of sp³-hybridized carbons (Fsp3) is 0.545.